The van der Waals surface area contributed by atoms with Crippen LogP contribution in [0.4, 0.5) is 4.39 Å². The van der Waals surface area contributed by atoms with Crippen LogP contribution in [0.2, 0.25) is 5.02 Å². The van der Waals surface area contributed by atoms with Gasteiger partial charge in [-0.15, -0.1) is 0 Å². The van der Waals surface area contributed by atoms with Crippen molar-refractivity contribution >= 4 is 11.6 Å². The molecule has 1 heterocycles. The molecule has 0 aliphatic rings. The molecule has 4 nitrogen and oxygen atoms in total. The van der Waals surface area contributed by atoms with Crippen molar-refractivity contribution in [3.8, 4) is 0 Å². The second kappa shape index (κ2) is 5.46. The first-order chi connectivity index (χ1) is 8.60. The second-order valence-electron chi connectivity index (χ2n) is 4.10. The summed E-state index contributed by atoms with van der Waals surface area (Å²) in [5.74, 6) is 0.675. The van der Waals surface area contributed by atoms with Gasteiger partial charge in [0.1, 0.15) is 5.82 Å². The Kier molecular flexibility index (Phi) is 3.93. The van der Waals surface area contributed by atoms with Crippen molar-refractivity contribution in [1.29, 1.82) is 0 Å². The van der Waals surface area contributed by atoms with Gasteiger partial charge in [-0.3, -0.25) is 0 Å². The number of nitrogens with two attached hydrogens (primary N) is 1. The molecule has 2 rings (SSSR count). The van der Waals surface area contributed by atoms with Crippen LogP contribution in [0.15, 0.2) is 22.7 Å². The molecule has 1 aromatic heterocycles. The summed E-state index contributed by atoms with van der Waals surface area (Å²) in [4.78, 5) is 4.23. The summed E-state index contributed by atoms with van der Waals surface area (Å²) in [5.41, 5.74) is 6.27. The smallest absolute Gasteiger partial charge is 0.230 e. The summed E-state index contributed by atoms with van der Waals surface area (Å²) >= 11 is 5.93. The molecule has 1 atom stereocenters. The van der Waals surface area contributed by atoms with Gasteiger partial charge in [0.2, 0.25) is 5.89 Å². The normalized spacial score (nSPS) is 12.7. The molecular formula is C12H13ClFN3O. The summed E-state index contributed by atoms with van der Waals surface area (Å²) in [7, 11) is 0. The van der Waals surface area contributed by atoms with E-state index in [1.54, 1.807) is 6.07 Å². The SMILES string of the molecule is CC(CN)c1nc(Cc2ccc(F)cc2Cl)no1. The van der Waals surface area contributed by atoms with E-state index in [0.29, 0.717) is 29.7 Å². The summed E-state index contributed by atoms with van der Waals surface area (Å²) < 4.78 is 18.0. The van der Waals surface area contributed by atoms with Gasteiger partial charge in [-0.05, 0) is 17.7 Å². The van der Waals surface area contributed by atoms with E-state index in [9.17, 15) is 4.39 Å². The maximum atomic E-state index is 12.9. The van der Waals surface area contributed by atoms with E-state index in [4.69, 9.17) is 21.9 Å². The highest BCUT2D eigenvalue weighted by molar-refractivity contribution is 6.31. The Morgan fingerprint density at radius 3 is 2.94 bits per heavy atom. The first kappa shape index (κ1) is 13.0. The molecule has 2 N–H and O–H groups in total. The standard InChI is InChI=1S/C12H13ClFN3O/c1-7(6-15)12-16-11(17-18-12)4-8-2-3-9(14)5-10(8)13/h2-3,5,7H,4,6,15H2,1H3. The van der Waals surface area contributed by atoms with Crippen molar-refractivity contribution in [2.45, 2.75) is 19.3 Å². The van der Waals surface area contributed by atoms with Gasteiger partial charge < -0.3 is 10.3 Å². The summed E-state index contributed by atoms with van der Waals surface area (Å²) in [6, 6.07) is 4.23. The molecule has 1 aromatic carbocycles. The first-order valence-corrected chi connectivity index (χ1v) is 5.94. The Hall–Kier alpha value is -1.46. The molecule has 0 bridgehead atoms. The zero-order valence-electron chi connectivity index (χ0n) is 9.86. The molecule has 0 saturated carbocycles. The van der Waals surface area contributed by atoms with Gasteiger partial charge >= 0.3 is 0 Å². The Bertz CT molecular complexity index is 544. The average Bonchev–Trinajstić information content (AvgIpc) is 2.80. The third kappa shape index (κ3) is 2.86. The van der Waals surface area contributed by atoms with Gasteiger partial charge in [-0.25, -0.2) is 4.39 Å². The molecule has 2 aromatic rings. The van der Waals surface area contributed by atoms with Crippen LogP contribution < -0.4 is 5.73 Å². The van der Waals surface area contributed by atoms with E-state index in [1.807, 2.05) is 6.92 Å². The second-order valence-corrected chi connectivity index (χ2v) is 4.51. The summed E-state index contributed by atoms with van der Waals surface area (Å²) in [6.07, 6.45) is 0.403. The predicted octanol–water partition coefficient (Wildman–Crippen LogP) is 2.52. The lowest BCUT2D eigenvalue weighted by atomic mass is 10.1. The fraction of sp³-hybridized carbons (Fsp3) is 0.333. The molecule has 0 fully saturated rings. The minimum Gasteiger partial charge on any atom is -0.339 e. The third-order valence-corrected chi connectivity index (χ3v) is 2.97. The fourth-order valence-corrected chi connectivity index (χ4v) is 1.71. The van der Waals surface area contributed by atoms with Crippen LogP contribution in [0.3, 0.4) is 0 Å². The number of halogens is 2. The van der Waals surface area contributed by atoms with Gasteiger partial charge in [-0.2, -0.15) is 4.98 Å². The molecule has 0 spiro atoms. The van der Waals surface area contributed by atoms with E-state index >= 15 is 0 Å². The van der Waals surface area contributed by atoms with E-state index < -0.39 is 0 Å². The summed E-state index contributed by atoms with van der Waals surface area (Å²) in [5, 5.41) is 4.20. The molecular weight excluding hydrogens is 257 g/mol. The van der Waals surface area contributed by atoms with Crippen LogP contribution in [0.25, 0.3) is 0 Å². The van der Waals surface area contributed by atoms with Crippen LogP contribution >= 0.6 is 11.6 Å². The molecule has 0 radical (unpaired) electrons. The van der Waals surface area contributed by atoms with Crippen molar-refractivity contribution < 1.29 is 8.91 Å². The van der Waals surface area contributed by atoms with Crippen molar-refractivity contribution in [3.05, 3.63) is 46.3 Å². The molecule has 0 aliphatic carbocycles. The molecule has 6 heteroatoms. The minimum atomic E-state index is -0.366. The predicted molar refractivity (Wildman–Crippen MR) is 66.0 cm³/mol. The number of hydrogen-bond donors (Lipinski definition) is 1. The average molecular weight is 270 g/mol. The van der Waals surface area contributed by atoms with E-state index in [-0.39, 0.29) is 11.7 Å². The Morgan fingerprint density at radius 2 is 2.28 bits per heavy atom. The maximum Gasteiger partial charge on any atom is 0.230 e. The van der Waals surface area contributed by atoms with Crippen molar-refractivity contribution in [1.82, 2.24) is 10.1 Å². The number of rotatable bonds is 4. The first-order valence-electron chi connectivity index (χ1n) is 5.56. The van der Waals surface area contributed by atoms with Gasteiger partial charge in [0.05, 0.1) is 0 Å². The van der Waals surface area contributed by atoms with Crippen molar-refractivity contribution in [2.24, 2.45) is 5.73 Å². The van der Waals surface area contributed by atoms with Gasteiger partial charge in [0, 0.05) is 23.9 Å². The van der Waals surface area contributed by atoms with Crippen LogP contribution in [0, 0.1) is 5.82 Å². The van der Waals surface area contributed by atoms with Gasteiger partial charge in [0.15, 0.2) is 5.82 Å². The Morgan fingerprint density at radius 1 is 1.50 bits per heavy atom. The highest BCUT2D eigenvalue weighted by atomic mass is 35.5. The highest BCUT2D eigenvalue weighted by Crippen LogP contribution is 2.20. The number of aromatic nitrogens is 2. The number of nitrogens with zero attached hydrogens (tertiary/aromatic N) is 2. The lowest BCUT2D eigenvalue weighted by molar-refractivity contribution is 0.357. The largest absolute Gasteiger partial charge is 0.339 e. The zero-order chi connectivity index (χ0) is 13.1. The monoisotopic (exact) mass is 269 g/mol. The zero-order valence-corrected chi connectivity index (χ0v) is 10.6. The van der Waals surface area contributed by atoms with Crippen LogP contribution in [0.5, 0.6) is 0 Å². The topological polar surface area (TPSA) is 64.9 Å². The quantitative estimate of drug-likeness (QED) is 0.926. The van der Waals surface area contributed by atoms with Crippen LogP contribution in [0.1, 0.15) is 30.1 Å². The van der Waals surface area contributed by atoms with E-state index in [0.717, 1.165) is 5.56 Å². The highest BCUT2D eigenvalue weighted by Gasteiger charge is 2.14. The van der Waals surface area contributed by atoms with Crippen molar-refractivity contribution in [3.63, 3.8) is 0 Å². The van der Waals surface area contributed by atoms with Gasteiger partial charge in [0.25, 0.3) is 0 Å². The summed E-state index contributed by atoms with van der Waals surface area (Å²) in [6.45, 7) is 2.35. The van der Waals surface area contributed by atoms with Crippen LogP contribution in [-0.2, 0) is 6.42 Å². The molecule has 18 heavy (non-hydrogen) atoms. The third-order valence-electron chi connectivity index (χ3n) is 2.62. The van der Waals surface area contributed by atoms with E-state index in [1.165, 1.54) is 12.1 Å². The fourth-order valence-electron chi connectivity index (χ4n) is 1.48. The molecule has 0 amide bonds. The molecule has 96 valence electrons. The molecule has 0 aliphatic heterocycles. The molecule has 0 saturated heterocycles. The van der Waals surface area contributed by atoms with E-state index in [2.05, 4.69) is 10.1 Å². The number of benzene rings is 1. The lowest BCUT2D eigenvalue weighted by Crippen LogP contribution is -2.09. The number of hydrogen-bond acceptors (Lipinski definition) is 4. The Labute approximate surface area is 109 Å². The lowest BCUT2D eigenvalue weighted by Gasteiger charge is -2.01. The molecule has 1 unspecified atom stereocenters. The Balaban J connectivity index is 2.16. The van der Waals surface area contributed by atoms with Gasteiger partial charge in [-0.1, -0.05) is 29.7 Å². The van der Waals surface area contributed by atoms with Crippen LogP contribution in [-0.4, -0.2) is 16.7 Å². The maximum absolute atomic E-state index is 12.9. The van der Waals surface area contributed by atoms with Crippen molar-refractivity contribution in [2.75, 3.05) is 6.54 Å². The minimum absolute atomic E-state index is 0.0231.